The Morgan fingerprint density at radius 1 is 0.694 bits per heavy atom. The zero-order chi connectivity index (χ0) is 33.9. The number of rotatable bonds is 15. The maximum absolute atomic E-state index is 13.2. The SMILES string of the molecule is CCOC(=O)[C@H]1C[C@@]2(O[C@H](COCc3ccccc3)[C@H](OCc3ccccc3)[C@H](OCc3ccccc3)[C@H]2OCc2ccccc2)ON1C. The summed E-state index contributed by atoms with van der Waals surface area (Å²) >= 11 is 0. The molecule has 0 amide bonds. The molecule has 6 atom stereocenters. The third-order valence-corrected chi connectivity index (χ3v) is 8.78. The van der Waals surface area contributed by atoms with Crippen molar-refractivity contribution in [3.05, 3.63) is 144 Å². The largest absolute Gasteiger partial charge is 0.465 e. The van der Waals surface area contributed by atoms with Gasteiger partial charge in [0.1, 0.15) is 30.5 Å². The maximum atomic E-state index is 13.2. The maximum Gasteiger partial charge on any atom is 0.325 e. The minimum absolute atomic E-state index is 0.160. The van der Waals surface area contributed by atoms with Crippen LogP contribution in [0.5, 0.6) is 0 Å². The molecule has 0 bridgehead atoms. The topological polar surface area (TPSA) is 84.9 Å². The second kappa shape index (κ2) is 17.1. The van der Waals surface area contributed by atoms with Gasteiger partial charge in [0.2, 0.25) is 5.79 Å². The summed E-state index contributed by atoms with van der Waals surface area (Å²) in [5.41, 5.74) is 4.02. The molecule has 9 heteroatoms. The summed E-state index contributed by atoms with van der Waals surface area (Å²) in [6, 6.07) is 39.1. The van der Waals surface area contributed by atoms with E-state index in [1.54, 1.807) is 14.0 Å². The van der Waals surface area contributed by atoms with E-state index in [4.69, 9.17) is 33.3 Å². The van der Waals surface area contributed by atoms with Crippen LogP contribution in [0.2, 0.25) is 0 Å². The zero-order valence-electron chi connectivity index (χ0n) is 28.1. The van der Waals surface area contributed by atoms with Gasteiger partial charge in [-0.05, 0) is 29.2 Å². The van der Waals surface area contributed by atoms with Crippen LogP contribution in [-0.4, -0.2) is 67.5 Å². The molecule has 0 radical (unpaired) electrons. The van der Waals surface area contributed by atoms with Gasteiger partial charge in [-0.25, -0.2) is 0 Å². The second-order valence-electron chi connectivity index (χ2n) is 12.3. The molecule has 0 saturated carbocycles. The molecule has 2 saturated heterocycles. The number of carbonyl (C=O) groups excluding carboxylic acids is 1. The van der Waals surface area contributed by atoms with Crippen molar-refractivity contribution < 1.29 is 38.1 Å². The predicted octanol–water partition coefficient (Wildman–Crippen LogP) is 6.25. The summed E-state index contributed by atoms with van der Waals surface area (Å²) in [5.74, 6) is -1.80. The lowest BCUT2D eigenvalue weighted by Gasteiger charge is -2.50. The summed E-state index contributed by atoms with van der Waals surface area (Å²) < 4.78 is 39.0. The second-order valence-corrected chi connectivity index (χ2v) is 12.3. The average molecular weight is 668 g/mol. The number of nitrogens with zero attached hydrogens (tertiary/aromatic N) is 1. The summed E-state index contributed by atoms with van der Waals surface area (Å²) in [6.45, 7) is 3.48. The first-order valence-electron chi connectivity index (χ1n) is 16.9. The number of likely N-dealkylation sites (N-methyl/N-ethyl adjacent to an activating group) is 1. The first-order valence-corrected chi connectivity index (χ1v) is 16.9. The van der Waals surface area contributed by atoms with Gasteiger partial charge < -0.3 is 28.4 Å². The van der Waals surface area contributed by atoms with Crippen molar-refractivity contribution in [1.29, 1.82) is 0 Å². The third-order valence-electron chi connectivity index (χ3n) is 8.78. The Kier molecular flexibility index (Phi) is 12.2. The van der Waals surface area contributed by atoms with E-state index in [0.29, 0.717) is 19.8 Å². The summed E-state index contributed by atoms with van der Waals surface area (Å²) in [4.78, 5) is 19.7. The van der Waals surface area contributed by atoms with Crippen molar-refractivity contribution in [3.63, 3.8) is 0 Å². The van der Waals surface area contributed by atoms with E-state index in [0.717, 1.165) is 22.3 Å². The van der Waals surface area contributed by atoms with Crippen LogP contribution in [0.4, 0.5) is 0 Å². The lowest BCUT2D eigenvalue weighted by molar-refractivity contribution is -0.404. The number of ether oxygens (including phenoxy) is 6. The molecule has 6 rings (SSSR count). The highest BCUT2D eigenvalue weighted by Crippen LogP contribution is 2.45. The molecule has 4 aromatic rings. The number of hydrogen-bond donors (Lipinski definition) is 0. The first-order chi connectivity index (χ1) is 24.0. The van der Waals surface area contributed by atoms with Gasteiger partial charge in [-0.1, -0.05) is 121 Å². The summed E-state index contributed by atoms with van der Waals surface area (Å²) in [6.07, 6.45) is -2.58. The molecule has 2 aliphatic heterocycles. The van der Waals surface area contributed by atoms with Crippen LogP contribution >= 0.6 is 0 Å². The van der Waals surface area contributed by atoms with E-state index in [1.807, 2.05) is 121 Å². The van der Waals surface area contributed by atoms with E-state index in [9.17, 15) is 4.79 Å². The number of carbonyl (C=O) groups is 1. The standard InChI is InChI=1S/C40H45NO8/c1-3-44-39(42)34-24-40(49-41(34)2)38(47-28-33-22-14-7-15-23-33)37(46-27-32-20-12-6-13-21-32)36(45-26-31-18-10-5-11-19-31)35(48-40)29-43-25-30-16-8-4-9-17-30/h4-23,34-38H,3,24-29H2,1-2H3/t34-,35-,36+,37+,38-,40-/m1/s1. The van der Waals surface area contributed by atoms with Gasteiger partial charge in [0.15, 0.2) is 0 Å². The third kappa shape index (κ3) is 9.00. The van der Waals surface area contributed by atoms with Gasteiger partial charge in [0, 0.05) is 13.5 Å². The first kappa shape index (κ1) is 34.9. The fraction of sp³-hybridized carbons (Fsp3) is 0.375. The van der Waals surface area contributed by atoms with Crippen LogP contribution in [0.15, 0.2) is 121 Å². The molecule has 1 spiro atoms. The van der Waals surface area contributed by atoms with Crippen LogP contribution in [0.25, 0.3) is 0 Å². The summed E-state index contributed by atoms with van der Waals surface area (Å²) in [5, 5.41) is 1.51. The zero-order valence-corrected chi connectivity index (χ0v) is 28.1. The van der Waals surface area contributed by atoms with E-state index < -0.39 is 42.2 Å². The molecule has 0 aliphatic carbocycles. The van der Waals surface area contributed by atoms with Crippen LogP contribution in [0, 0.1) is 0 Å². The molecular weight excluding hydrogens is 622 g/mol. The molecule has 2 heterocycles. The molecular formula is C40H45NO8. The Hall–Kier alpha value is -3.93. The highest BCUT2D eigenvalue weighted by atomic mass is 16.8. The number of hydroxylamine groups is 2. The Bertz CT molecular complexity index is 1560. The van der Waals surface area contributed by atoms with E-state index in [1.165, 1.54) is 5.06 Å². The van der Waals surface area contributed by atoms with E-state index >= 15 is 0 Å². The highest BCUT2D eigenvalue weighted by Gasteiger charge is 2.63. The van der Waals surface area contributed by atoms with Crippen molar-refractivity contribution in [1.82, 2.24) is 5.06 Å². The van der Waals surface area contributed by atoms with Gasteiger partial charge in [-0.3, -0.25) is 9.63 Å². The number of benzene rings is 4. The Morgan fingerprint density at radius 3 is 1.67 bits per heavy atom. The molecule has 9 nitrogen and oxygen atoms in total. The van der Waals surface area contributed by atoms with Crippen molar-refractivity contribution in [3.8, 4) is 0 Å². The van der Waals surface area contributed by atoms with Crippen LogP contribution in [0.3, 0.4) is 0 Å². The van der Waals surface area contributed by atoms with E-state index in [2.05, 4.69) is 0 Å². The monoisotopic (exact) mass is 667 g/mol. The Morgan fingerprint density at radius 2 is 1.16 bits per heavy atom. The minimum Gasteiger partial charge on any atom is -0.465 e. The molecule has 0 N–H and O–H groups in total. The van der Waals surface area contributed by atoms with Gasteiger partial charge in [-0.15, -0.1) is 0 Å². The number of esters is 1. The van der Waals surface area contributed by atoms with Crippen LogP contribution < -0.4 is 0 Å². The molecule has 4 aromatic carbocycles. The Balaban J connectivity index is 1.36. The highest BCUT2D eigenvalue weighted by molar-refractivity contribution is 5.76. The van der Waals surface area contributed by atoms with Gasteiger partial charge >= 0.3 is 5.97 Å². The average Bonchev–Trinajstić information content (AvgIpc) is 3.47. The molecule has 49 heavy (non-hydrogen) atoms. The van der Waals surface area contributed by atoms with Crippen molar-refractivity contribution >= 4 is 5.97 Å². The molecule has 0 aromatic heterocycles. The van der Waals surface area contributed by atoms with E-state index in [-0.39, 0.29) is 26.2 Å². The van der Waals surface area contributed by atoms with Crippen LogP contribution in [0.1, 0.15) is 35.6 Å². The van der Waals surface area contributed by atoms with Gasteiger partial charge in [-0.2, -0.15) is 5.06 Å². The fourth-order valence-electron chi connectivity index (χ4n) is 6.37. The van der Waals surface area contributed by atoms with Gasteiger partial charge in [0.25, 0.3) is 0 Å². The van der Waals surface area contributed by atoms with Gasteiger partial charge in [0.05, 0.1) is 39.6 Å². The van der Waals surface area contributed by atoms with Crippen LogP contribution in [-0.2, 0) is 64.5 Å². The molecule has 258 valence electrons. The Labute approximate surface area is 288 Å². The smallest absolute Gasteiger partial charge is 0.325 e. The van der Waals surface area contributed by atoms with Crippen molar-refractivity contribution in [2.24, 2.45) is 0 Å². The number of hydrogen-bond acceptors (Lipinski definition) is 9. The normalized spacial score (nSPS) is 25.4. The molecule has 0 unspecified atom stereocenters. The quantitative estimate of drug-likeness (QED) is 0.137. The minimum atomic E-state index is -1.41. The molecule has 2 fully saturated rings. The predicted molar refractivity (Wildman–Crippen MR) is 183 cm³/mol. The lowest BCUT2D eigenvalue weighted by atomic mass is 9.88. The molecule has 2 aliphatic rings. The lowest BCUT2D eigenvalue weighted by Crippen LogP contribution is -2.67. The summed E-state index contributed by atoms with van der Waals surface area (Å²) in [7, 11) is 1.71. The van der Waals surface area contributed by atoms with Crippen molar-refractivity contribution in [2.75, 3.05) is 20.3 Å². The van der Waals surface area contributed by atoms with Crippen molar-refractivity contribution in [2.45, 2.75) is 76.0 Å². The fourth-order valence-corrected chi connectivity index (χ4v) is 6.37.